The van der Waals surface area contributed by atoms with Crippen LogP contribution >= 0.6 is 23.0 Å². The van der Waals surface area contributed by atoms with Crippen LogP contribution in [0.4, 0.5) is 0 Å². The Bertz CT molecular complexity index is 367. The number of fused-ring (bicyclic) bond motifs is 1. The number of aromatic nitrogens is 1. The minimum Gasteiger partial charge on any atom is -0.426 e. The van der Waals surface area contributed by atoms with E-state index in [0.29, 0.717) is 0 Å². The van der Waals surface area contributed by atoms with Crippen molar-refractivity contribution in [1.29, 1.82) is 0 Å². The Morgan fingerprint density at radius 2 is 2.12 bits per heavy atom. The van der Waals surface area contributed by atoms with Crippen LogP contribution in [-0.2, 0) is 12.8 Å². The van der Waals surface area contributed by atoms with Crippen LogP contribution < -0.4 is 3.07 Å². The van der Waals surface area contributed by atoms with Crippen LogP contribution in [0.5, 0.6) is 5.75 Å². The van der Waals surface area contributed by atoms with Gasteiger partial charge in [0, 0.05) is 5.69 Å². The predicted octanol–water partition coefficient (Wildman–Crippen LogP) is 4.50. The van der Waals surface area contributed by atoms with E-state index >= 15 is 0 Å². The van der Waals surface area contributed by atoms with E-state index in [1.807, 2.05) is 29.2 Å². The summed E-state index contributed by atoms with van der Waals surface area (Å²) in [6, 6.07) is 2.17. The molecule has 0 spiro atoms. The standard InChI is InChI=1S/C14H20INO/c1-11-5-3-2-4-6-14-12(8-7-11)9-13(17-15)10-16-14/h9-11H,2-8H2,1H3/t11-/m0/s1. The predicted molar refractivity (Wildman–Crippen MR) is 78.5 cm³/mol. The highest BCUT2D eigenvalue weighted by Crippen LogP contribution is 2.24. The molecule has 2 rings (SSSR count). The molecule has 0 bridgehead atoms. The van der Waals surface area contributed by atoms with E-state index in [0.717, 1.165) is 24.5 Å². The number of halogens is 1. The molecule has 0 unspecified atom stereocenters. The second kappa shape index (κ2) is 6.57. The molecule has 0 radical (unpaired) electrons. The van der Waals surface area contributed by atoms with Crippen LogP contribution in [0.25, 0.3) is 0 Å². The number of hydrogen-bond acceptors (Lipinski definition) is 2. The molecule has 17 heavy (non-hydrogen) atoms. The summed E-state index contributed by atoms with van der Waals surface area (Å²) in [5, 5.41) is 0. The van der Waals surface area contributed by atoms with Crippen LogP contribution in [0, 0.1) is 5.92 Å². The third-order valence-corrected chi connectivity index (χ3v) is 4.15. The van der Waals surface area contributed by atoms with Crippen LogP contribution in [0.1, 0.15) is 50.3 Å². The summed E-state index contributed by atoms with van der Waals surface area (Å²) in [6.45, 7) is 2.37. The molecule has 0 saturated carbocycles. The highest BCUT2D eigenvalue weighted by Gasteiger charge is 2.11. The van der Waals surface area contributed by atoms with E-state index in [4.69, 9.17) is 3.07 Å². The van der Waals surface area contributed by atoms with E-state index in [1.54, 1.807) is 0 Å². The van der Waals surface area contributed by atoms with Crippen LogP contribution in [-0.4, -0.2) is 4.98 Å². The SMILES string of the molecule is C[C@H]1CCCCCc2ncc(OI)cc2CC1. The highest BCUT2D eigenvalue weighted by atomic mass is 127. The summed E-state index contributed by atoms with van der Waals surface area (Å²) in [5.74, 6) is 1.72. The van der Waals surface area contributed by atoms with Gasteiger partial charge in [-0.15, -0.1) is 0 Å². The summed E-state index contributed by atoms with van der Waals surface area (Å²) in [4.78, 5) is 4.56. The van der Waals surface area contributed by atoms with Gasteiger partial charge in [0.25, 0.3) is 0 Å². The molecule has 94 valence electrons. The van der Waals surface area contributed by atoms with Crippen molar-refractivity contribution in [2.24, 2.45) is 5.92 Å². The van der Waals surface area contributed by atoms with E-state index in [9.17, 15) is 0 Å². The molecule has 0 amide bonds. The fraction of sp³-hybridized carbons (Fsp3) is 0.643. The van der Waals surface area contributed by atoms with Gasteiger partial charge in [-0.2, -0.15) is 0 Å². The molecular formula is C14H20INO. The number of aryl methyl sites for hydroxylation is 2. The van der Waals surface area contributed by atoms with Crippen molar-refractivity contribution in [3.63, 3.8) is 0 Å². The Morgan fingerprint density at radius 1 is 1.24 bits per heavy atom. The molecule has 0 N–H and O–H groups in total. The first-order chi connectivity index (χ1) is 8.29. The molecule has 0 saturated heterocycles. The van der Waals surface area contributed by atoms with E-state index in [2.05, 4.69) is 18.0 Å². The highest BCUT2D eigenvalue weighted by molar-refractivity contribution is 14.1. The first kappa shape index (κ1) is 13.1. The van der Waals surface area contributed by atoms with E-state index in [1.165, 1.54) is 43.4 Å². The van der Waals surface area contributed by atoms with Gasteiger partial charge in [-0.3, -0.25) is 4.98 Å². The quantitative estimate of drug-likeness (QED) is 0.700. The minimum atomic E-state index is 0.838. The summed E-state index contributed by atoms with van der Waals surface area (Å²) in [5.41, 5.74) is 2.68. The summed E-state index contributed by atoms with van der Waals surface area (Å²) < 4.78 is 5.24. The van der Waals surface area contributed by atoms with Crippen molar-refractivity contribution in [3.05, 3.63) is 23.5 Å². The molecule has 1 aromatic heterocycles. The molecule has 1 atom stereocenters. The minimum absolute atomic E-state index is 0.838. The van der Waals surface area contributed by atoms with E-state index in [-0.39, 0.29) is 0 Å². The molecule has 3 heteroatoms. The van der Waals surface area contributed by atoms with Crippen LogP contribution in [0.2, 0.25) is 0 Å². The zero-order chi connectivity index (χ0) is 12.1. The molecular weight excluding hydrogens is 325 g/mol. The maximum Gasteiger partial charge on any atom is 0.192 e. The van der Waals surface area contributed by atoms with Crippen molar-refractivity contribution in [1.82, 2.24) is 4.98 Å². The van der Waals surface area contributed by atoms with Gasteiger partial charge in [0.15, 0.2) is 28.8 Å². The largest absolute Gasteiger partial charge is 0.426 e. The second-order valence-electron chi connectivity index (χ2n) is 5.10. The Labute approximate surface area is 118 Å². The number of rotatable bonds is 1. The van der Waals surface area contributed by atoms with Gasteiger partial charge in [-0.25, -0.2) is 0 Å². The Balaban J connectivity index is 2.17. The topological polar surface area (TPSA) is 22.1 Å². The zero-order valence-corrected chi connectivity index (χ0v) is 12.6. The lowest BCUT2D eigenvalue weighted by molar-refractivity contribution is 0.453. The molecule has 0 aromatic carbocycles. The third-order valence-electron chi connectivity index (χ3n) is 3.64. The lowest BCUT2D eigenvalue weighted by atomic mass is 9.92. The first-order valence-electron chi connectivity index (χ1n) is 6.56. The lowest BCUT2D eigenvalue weighted by Gasteiger charge is -2.16. The maximum absolute atomic E-state index is 5.24. The average Bonchev–Trinajstić information content (AvgIpc) is 2.36. The van der Waals surface area contributed by atoms with Crippen molar-refractivity contribution >= 4 is 23.0 Å². The molecule has 1 aliphatic rings. The molecule has 2 nitrogen and oxygen atoms in total. The normalized spacial score (nSPS) is 21.6. The smallest absolute Gasteiger partial charge is 0.192 e. The van der Waals surface area contributed by atoms with Crippen LogP contribution in [0.3, 0.4) is 0 Å². The van der Waals surface area contributed by atoms with Gasteiger partial charge in [0.05, 0.1) is 6.20 Å². The summed E-state index contributed by atoms with van der Waals surface area (Å²) in [6.07, 6.45) is 10.8. The lowest BCUT2D eigenvalue weighted by Crippen LogP contribution is -2.05. The Hall–Kier alpha value is -0.320. The maximum atomic E-state index is 5.24. The molecule has 1 aliphatic carbocycles. The molecule has 1 aromatic rings. The van der Waals surface area contributed by atoms with Gasteiger partial charge < -0.3 is 3.07 Å². The van der Waals surface area contributed by atoms with Gasteiger partial charge in [0.2, 0.25) is 0 Å². The third kappa shape index (κ3) is 3.83. The number of hydrogen-bond donors (Lipinski definition) is 0. The summed E-state index contributed by atoms with van der Waals surface area (Å²) in [7, 11) is 0. The fourth-order valence-electron chi connectivity index (χ4n) is 2.51. The number of pyridine rings is 1. The number of nitrogens with zero attached hydrogens (tertiary/aromatic N) is 1. The van der Waals surface area contributed by atoms with Gasteiger partial charge >= 0.3 is 0 Å². The van der Waals surface area contributed by atoms with Gasteiger partial charge in [-0.05, 0) is 43.2 Å². The van der Waals surface area contributed by atoms with Crippen molar-refractivity contribution in [2.45, 2.75) is 51.9 Å². The average molecular weight is 345 g/mol. The van der Waals surface area contributed by atoms with E-state index < -0.39 is 0 Å². The van der Waals surface area contributed by atoms with Gasteiger partial charge in [-0.1, -0.05) is 26.2 Å². The molecule has 1 heterocycles. The van der Waals surface area contributed by atoms with Crippen molar-refractivity contribution in [2.75, 3.05) is 0 Å². The van der Waals surface area contributed by atoms with Gasteiger partial charge in [0.1, 0.15) is 0 Å². The Morgan fingerprint density at radius 3 is 2.94 bits per heavy atom. The second-order valence-corrected chi connectivity index (χ2v) is 5.54. The Kier molecular flexibility index (Phi) is 5.07. The molecule has 0 fully saturated rings. The fourth-order valence-corrected chi connectivity index (χ4v) is 2.75. The first-order valence-corrected chi connectivity index (χ1v) is 7.44. The molecule has 0 aliphatic heterocycles. The summed E-state index contributed by atoms with van der Waals surface area (Å²) >= 11 is 1.92. The zero-order valence-electron chi connectivity index (χ0n) is 10.4. The van der Waals surface area contributed by atoms with Crippen molar-refractivity contribution < 1.29 is 3.07 Å². The van der Waals surface area contributed by atoms with Crippen molar-refractivity contribution in [3.8, 4) is 5.75 Å². The van der Waals surface area contributed by atoms with Crippen LogP contribution in [0.15, 0.2) is 12.3 Å². The monoisotopic (exact) mass is 345 g/mol.